The zero-order valence-corrected chi connectivity index (χ0v) is 22.3. The summed E-state index contributed by atoms with van der Waals surface area (Å²) in [6.07, 6.45) is 3.30. The molecule has 202 valence electrons. The second-order valence-electron chi connectivity index (χ2n) is 8.21. The van der Waals surface area contributed by atoms with Gasteiger partial charge in [-0.15, -0.1) is 12.4 Å². The van der Waals surface area contributed by atoms with Crippen LogP contribution in [0.5, 0.6) is 23.0 Å². The summed E-state index contributed by atoms with van der Waals surface area (Å²) in [5, 5.41) is 18.5. The number of rotatable bonds is 11. The maximum atomic E-state index is 11.3. The Labute approximate surface area is 220 Å². The van der Waals surface area contributed by atoms with Gasteiger partial charge in [-0.3, -0.25) is 4.90 Å². The van der Waals surface area contributed by atoms with E-state index in [4.69, 9.17) is 24.1 Å². The molecule has 1 aliphatic rings. The van der Waals surface area contributed by atoms with E-state index >= 15 is 0 Å². The number of phenols is 2. The highest BCUT2D eigenvalue weighted by Gasteiger charge is 2.16. The first-order valence-electron chi connectivity index (χ1n) is 12.3. The third-order valence-corrected chi connectivity index (χ3v) is 5.36. The van der Waals surface area contributed by atoms with Gasteiger partial charge in [-0.1, -0.05) is 13.3 Å². The molecule has 0 unspecified atom stereocenters. The average molecular weight is 526 g/mol. The lowest BCUT2D eigenvalue weighted by Gasteiger charge is -2.26. The van der Waals surface area contributed by atoms with Crippen LogP contribution in [0.1, 0.15) is 49.0 Å². The van der Waals surface area contributed by atoms with E-state index in [1.807, 2.05) is 24.3 Å². The van der Waals surface area contributed by atoms with E-state index in [0.717, 1.165) is 82.9 Å². The number of benzene rings is 2. The van der Waals surface area contributed by atoms with Gasteiger partial charge in [0.15, 0.2) is 0 Å². The lowest BCUT2D eigenvalue weighted by Crippen LogP contribution is -2.37. The molecule has 0 amide bonds. The molecule has 2 aromatic rings. The van der Waals surface area contributed by atoms with E-state index in [1.165, 1.54) is 6.07 Å². The van der Waals surface area contributed by atoms with Crippen molar-refractivity contribution in [3.8, 4) is 23.0 Å². The fraction of sp³-hybridized carbons (Fsp3) is 0.519. The first-order valence-corrected chi connectivity index (χ1v) is 12.3. The van der Waals surface area contributed by atoms with Crippen molar-refractivity contribution in [2.45, 2.75) is 40.0 Å². The van der Waals surface area contributed by atoms with Crippen LogP contribution in [-0.2, 0) is 9.47 Å². The van der Waals surface area contributed by atoms with Crippen LogP contribution in [0.15, 0.2) is 36.4 Å². The molecule has 0 saturated carbocycles. The van der Waals surface area contributed by atoms with Gasteiger partial charge in [0, 0.05) is 25.7 Å². The Bertz CT molecular complexity index is 863. The fourth-order valence-electron chi connectivity index (χ4n) is 3.49. The van der Waals surface area contributed by atoms with Crippen molar-refractivity contribution < 1.29 is 34.0 Å². The zero-order chi connectivity index (χ0) is 25.5. The Hall–Kier alpha value is -2.68. The molecule has 3 rings (SSSR count). The lowest BCUT2D eigenvalue weighted by molar-refractivity contribution is 0.0358. The molecule has 0 radical (unpaired) electrons. The first kappa shape index (κ1) is 31.4. The summed E-state index contributed by atoms with van der Waals surface area (Å²) in [4.78, 5) is 13.8. The van der Waals surface area contributed by atoms with Crippen molar-refractivity contribution in [2.75, 3.05) is 52.7 Å². The zero-order valence-electron chi connectivity index (χ0n) is 21.5. The number of esters is 1. The number of carbonyl (C=O) groups excluding carboxylic acids is 1. The maximum Gasteiger partial charge on any atom is 0.342 e. The molecule has 1 aliphatic heterocycles. The van der Waals surface area contributed by atoms with Crippen LogP contribution in [0.2, 0.25) is 0 Å². The summed E-state index contributed by atoms with van der Waals surface area (Å²) >= 11 is 0. The monoisotopic (exact) mass is 525 g/mol. The number of morpholine rings is 1. The van der Waals surface area contributed by atoms with Gasteiger partial charge in [0.25, 0.3) is 0 Å². The van der Waals surface area contributed by atoms with Gasteiger partial charge in [-0.25, -0.2) is 4.79 Å². The number of unbranched alkanes of at least 4 members (excludes halogenated alkanes) is 1. The number of aryl methyl sites for hydroxylation is 1. The number of nitrogens with zero attached hydrogens (tertiary/aromatic N) is 1. The highest BCUT2D eigenvalue weighted by atomic mass is 35.5. The summed E-state index contributed by atoms with van der Waals surface area (Å²) < 4.78 is 21.5. The Kier molecular flexibility index (Phi) is 15.4. The molecule has 0 aliphatic carbocycles. The topological polar surface area (TPSA) is 97.7 Å². The van der Waals surface area contributed by atoms with Crippen LogP contribution >= 0.6 is 12.4 Å². The Morgan fingerprint density at radius 3 is 2.08 bits per heavy atom. The van der Waals surface area contributed by atoms with Gasteiger partial charge in [-0.2, -0.15) is 0 Å². The predicted octanol–water partition coefficient (Wildman–Crippen LogP) is 4.97. The highest BCUT2D eigenvalue weighted by molar-refractivity contribution is 5.94. The molecule has 0 atom stereocenters. The van der Waals surface area contributed by atoms with E-state index in [0.29, 0.717) is 5.56 Å². The molecular formula is C27H40ClNO7. The second kappa shape index (κ2) is 17.7. The first-order chi connectivity index (χ1) is 16.9. The van der Waals surface area contributed by atoms with E-state index in [2.05, 4.69) is 11.8 Å². The summed E-state index contributed by atoms with van der Waals surface area (Å²) in [5.74, 6) is 0.917. The van der Waals surface area contributed by atoms with Crippen LogP contribution < -0.4 is 9.47 Å². The van der Waals surface area contributed by atoms with E-state index in [1.54, 1.807) is 13.8 Å². The van der Waals surface area contributed by atoms with Gasteiger partial charge in [0.05, 0.1) is 33.0 Å². The largest absolute Gasteiger partial charge is 0.508 e. The second-order valence-corrected chi connectivity index (χ2v) is 8.21. The molecule has 9 heteroatoms. The SMILES string of the molecule is CCCCOc1ccc(OCCCN2CCOCC2)cc1.CCOC(=O)c1c(C)cc(O)cc1O.Cl. The Morgan fingerprint density at radius 1 is 0.972 bits per heavy atom. The standard InChI is InChI=1S/C17H27NO3.C10H12O4.ClH/c1-2-3-12-20-16-5-7-17(8-6-16)21-13-4-9-18-10-14-19-15-11-18;1-3-14-10(13)9-6(2)4-7(11)5-8(9)12;/h5-8H,2-4,9-15H2,1H3;4-5,11-12H,3H2,1-2H3;1H. The summed E-state index contributed by atoms with van der Waals surface area (Å²) in [5.41, 5.74) is 0.589. The quantitative estimate of drug-likeness (QED) is 0.313. The summed E-state index contributed by atoms with van der Waals surface area (Å²) in [6.45, 7) is 12.2. The molecule has 36 heavy (non-hydrogen) atoms. The summed E-state index contributed by atoms with van der Waals surface area (Å²) in [6, 6.07) is 10.4. The molecule has 8 nitrogen and oxygen atoms in total. The summed E-state index contributed by atoms with van der Waals surface area (Å²) in [7, 11) is 0. The molecule has 2 N–H and O–H groups in total. The Morgan fingerprint density at radius 2 is 1.56 bits per heavy atom. The van der Waals surface area contributed by atoms with Gasteiger partial charge < -0.3 is 29.2 Å². The van der Waals surface area contributed by atoms with Crippen molar-refractivity contribution in [3.05, 3.63) is 47.5 Å². The smallest absolute Gasteiger partial charge is 0.342 e. The molecule has 0 spiro atoms. The highest BCUT2D eigenvalue weighted by Crippen LogP contribution is 2.27. The van der Waals surface area contributed by atoms with Crippen LogP contribution in [-0.4, -0.2) is 73.8 Å². The maximum absolute atomic E-state index is 11.3. The van der Waals surface area contributed by atoms with Crippen LogP contribution in [0, 0.1) is 6.92 Å². The van der Waals surface area contributed by atoms with Gasteiger partial charge in [-0.05, 0) is 62.6 Å². The molecule has 1 fully saturated rings. The number of ether oxygens (including phenoxy) is 4. The molecular weight excluding hydrogens is 486 g/mol. The minimum absolute atomic E-state index is 0. The number of halogens is 1. The van der Waals surface area contributed by atoms with E-state index < -0.39 is 5.97 Å². The average Bonchev–Trinajstić information content (AvgIpc) is 2.83. The van der Waals surface area contributed by atoms with Gasteiger partial charge >= 0.3 is 5.97 Å². The Balaban J connectivity index is 0.000000379. The normalized spacial score (nSPS) is 13.1. The van der Waals surface area contributed by atoms with Gasteiger partial charge in [0.2, 0.25) is 0 Å². The van der Waals surface area contributed by atoms with Crippen molar-refractivity contribution in [2.24, 2.45) is 0 Å². The van der Waals surface area contributed by atoms with Crippen molar-refractivity contribution in [3.63, 3.8) is 0 Å². The lowest BCUT2D eigenvalue weighted by atomic mass is 10.1. The molecule has 2 aromatic carbocycles. The van der Waals surface area contributed by atoms with Crippen molar-refractivity contribution >= 4 is 18.4 Å². The number of carbonyl (C=O) groups is 1. The van der Waals surface area contributed by atoms with E-state index in [-0.39, 0.29) is 36.1 Å². The predicted molar refractivity (Wildman–Crippen MR) is 142 cm³/mol. The van der Waals surface area contributed by atoms with Crippen LogP contribution in [0.3, 0.4) is 0 Å². The minimum Gasteiger partial charge on any atom is -0.508 e. The van der Waals surface area contributed by atoms with Crippen LogP contribution in [0.25, 0.3) is 0 Å². The third-order valence-electron chi connectivity index (χ3n) is 5.36. The van der Waals surface area contributed by atoms with Crippen molar-refractivity contribution in [1.82, 2.24) is 4.90 Å². The number of hydrogen-bond donors (Lipinski definition) is 2. The van der Waals surface area contributed by atoms with Crippen LogP contribution in [0.4, 0.5) is 0 Å². The number of aromatic hydroxyl groups is 2. The minimum atomic E-state index is -0.581. The third kappa shape index (κ3) is 11.4. The molecule has 1 heterocycles. The molecule has 0 bridgehead atoms. The van der Waals surface area contributed by atoms with Crippen molar-refractivity contribution in [1.29, 1.82) is 0 Å². The molecule has 1 saturated heterocycles. The number of phenolic OH excluding ortho intramolecular Hbond substituents is 2. The molecule has 0 aromatic heterocycles. The van der Waals surface area contributed by atoms with Gasteiger partial charge in [0.1, 0.15) is 28.6 Å². The van der Waals surface area contributed by atoms with E-state index in [9.17, 15) is 9.90 Å². The number of hydrogen-bond acceptors (Lipinski definition) is 8. The fourth-order valence-corrected chi connectivity index (χ4v) is 3.49.